The number of rotatable bonds is 7. The molecule has 0 saturated heterocycles. The molecule has 0 fully saturated rings. The first-order valence-electron chi connectivity index (χ1n) is 6.69. The van der Waals surface area contributed by atoms with Gasteiger partial charge in [0, 0.05) is 12.4 Å². The maximum atomic E-state index is 11.7. The van der Waals surface area contributed by atoms with Crippen molar-refractivity contribution in [1.29, 1.82) is 0 Å². The van der Waals surface area contributed by atoms with Crippen LogP contribution in [-0.4, -0.2) is 34.2 Å². The molecule has 0 radical (unpaired) electrons. The van der Waals surface area contributed by atoms with Gasteiger partial charge in [-0.3, -0.25) is 14.6 Å². The summed E-state index contributed by atoms with van der Waals surface area (Å²) >= 11 is 0. The Balaban J connectivity index is 2.43. The van der Waals surface area contributed by atoms with E-state index < -0.39 is 23.5 Å². The van der Waals surface area contributed by atoms with Gasteiger partial charge in [0.25, 0.3) is 0 Å². The molecular formula is C15H21NO5. The highest BCUT2D eigenvalue weighted by atomic mass is 16.6. The Labute approximate surface area is 124 Å². The number of nitrogens with zero attached hydrogens (tertiary/aromatic N) is 1. The van der Waals surface area contributed by atoms with E-state index in [0.717, 1.165) is 5.56 Å². The number of esters is 1. The van der Waals surface area contributed by atoms with Gasteiger partial charge in [0.05, 0.1) is 25.6 Å². The third kappa shape index (κ3) is 7.41. The lowest BCUT2D eigenvalue weighted by Gasteiger charge is -2.21. The Morgan fingerprint density at radius 1 is 1.38 bits per heavy atom. The Morgan fingerprint density at radius 2 is 2.10 bits per heavy atom. The van der Waals surface area contributed by atoms with Gasteiger partial charge in [-0.15, -0.1) is 0 Å². The number of hydrogen-bond donors (Lipinski definition) is 1. The van der Waals surface area contributed by atoms with Gasteiger partial charge in [-0.05, 0) is 32.4 Å². The average Bonchev–Trinajstić information content (AvgIpc) is 2.36. The van der Waals surface area contributed by atoms with Crippen LogP contribution in [0.5, 0.6) is 0 Å². The number of carboxylic acid groups (broad SMARTS) is 1. The summed E-state index contributed by atoms with van der Waals surface area (Å²) in [7, 11) is 0. The zero-order valence-electron chi connectivity index (χ0n) is 12.5. The van der Waals surface area contributed by atoms with E-state index in [4.69, 9.17) is 14.6 Å². The van der Waals surface area contributed by atoms with E-state index in [1.54, 1.807) is 39.2 Å². The highest BCUT2D eigenvalue weighted by Crippen LogP contribution is 2.13. The van der Waals surface area contributed by atoms with E-state index in [2.05, 4.69) is 4.98 Å². The maximum absolute atomic E-state index is 11.7. The van der Waals surface area contributed by atoms with Gasteiger partial charge < -0.3 is 14.6 Å². The van der Waals surface area contributed by atoms with Crippen LogP contribution in [0.2, 0.25) is 0 Å². The fraction of sp³-hybridized carbons (Fsp3) is 0.533. The van der Waals surface area contributed by atoms with Crippen LogP contribution in [-0.2, 0) is 25.7 Å². The molecule has 0 aliphatic rings. The number of carbonyl (C=O) groups excluding carboxylic acids is 1. The number of aromatic nitrogens is 1. The second-order valence-corrected chi connectivity index (χ2v) is 5.70. The molecule has 0 aliphatic carbocycles. The summed E-state index contributed by atoms with van der Waals surface area (Å²) in [4.78, 5) is 26.7. The van der Waals surface area contributed by atoms with Crippen molar-refractivity contribution in [2.24, 2.45) is 5.92 Å². The second kappa shape index (κ2) is 7.73. The molecule has 0 bridgehead atoms. The second-order valence-electron chi connectivity index (χ2n) is 5.70. The molecule has 21 heavy (non-hydrogen) atoms. The first-order valence-corrected chi connectivity index (χ1v) is 6.69. The third-order valence-electron chi connectivity index (χ3n) is 2.49. The van der Waals surface area contributed by atoms with Crippen LogP contribution in [0.15, 0.2) is 24.5 Å². The molecular weight excluding hydrogens is 274 g/mol. The van der Waals surface area contributed by atoms with Gasteiger partial charge in [0.15, 0.2) is 0 Å². The summed E-state index contributed by atoms with van der Waals surface area (Å²) in [6.45, 7) is 5.41. The van der Waals surface area contributed by atoms with Crippen molar-refractivity contribution >= 4 is 11.9 Å². The average molecular weight is 295 g/mol. The minimum Gasteiger partial charge on any atom is -0.481 e. The van der Waals surface area contributed by atoms with Gasteiger partial charge in [0.2, 0.25) is 0 Å². The van der Waals surface area contributed by atoms with Crippen LogP contribution in [0.3, 0.4) is 0 Å². The van der Waals surface area contributed by atoms with Gasteiger partial charge in [-0.1, -0.05) is 6.07 Å². The third-order valence-corrected chi connectivity index (χ3v) is 2.49. The largest absolute Gasteiger partial charge is 0.481 e. The van der Waals surface area contributed by atoms with Crippen LogP contribution in [0.4, 0.5) is 0 Å². The zero-order valence-corrected chi connectivity index (χ0v) is 12.5. The lowest BCUT2D eigenvalue weighted by Crippen LogP contribution is -2.29. The minimum absolute atomic E-state index is 0.0521. The summed E-state index contributed by atoms with van der Waals surface area (Å²) in [5, 5.41) is 9.12. The lowest BCUT2D eigenvalue weighted by molar-refractivity contribution is -0.161. The molecule has 1 aromatic heterocycles. The van der Waals surface area contributed by atoms with Crippen molar-refractivity contribution in [3.8, 4) is 0 Å². The van der Waals surface area contributed by atoms with Crippen LogP contribution in [0.1, 0.15) is 32.8 Å². The van der Waals surface area contributed by atoms with E-state index >= 15 is 0 Å². The van der Waals surface area contributed by atoms with E-state index in [9.17, 15) is 9.59 Å². The number of ether oxygens (including phenoxy) is 2. The standard InChI is InChI=1S/C15H21NO5/c1-15(2,3)21-13(17)7-12(14(18)19)10-20-9-11-5-4-6-16-8-11/h4-6,8,12H,7,9-10H2,1-3H3,(H,18,19)/t12-/m1/s1. The highest BCUT2D eigenvalue weighted by Gasteiger charge is 2.25. The molecule has 0 aliphatic heterocycles. The Kier molecular flexibility index (Phi) is 6.30. The fourth-order valence-corrected chi connectivity index (χ4v) is 1.60. The molecule has 0 spiro atoms. The molecule has 0 unspecified atom stereocenters. The first-order chi connectivity index (χ1) is 9.78. The molecule has 0 saturated carbocycles. The normalized spacial score (nSPS) is 12.7. The number of carboxylic acids is 1. The van der Waals surface area contributed by atoms with Gasteiger partial charge >= 0.3 is 11.9 Å². The van der Waals surface area contributed by atoms with Crippen molar-refractivity contribution < 1.29 is 24.2 Å². The summed E-state index contributed by atoms with van der Waals surface area (Å²) in [6.07, 6.45) is 3.08. The predicted octanol–water partition coefficient (Wildman–Crippen LogP) is 2.03. The molecule has 1 rings (SSSR count). The minimum atomic E-state index is -1.08. The lowest BCUT2D eigenvalue weighted by atomic mass is 10.1. The fourth-order valence-electron chi connectivity index (χ4n) is 1.60. The Hall–Kier alpha value is -1.95. The molecule has 6 nitrogen and oxygen atoms in total. The monoisotopic (exact) mass is 295 g/mol. The van der Waals surface area contributed by atoms with E-state index in [1.165, 1.54) is 0 Å². The zero-order chi connectivity index (χ0) is 15.9. The molecule has 1 atom stereocenters. The summed E-state index contributed by atoms with van der Waals surface area (Å²) in [5.74, 6) is -2.54. The van der Waals surface area contributed by atoms with Crippen LogP contribution in [0, 0.1) is 5.92 Å². The van der Waals surface area contributed by atoms with E-state index in [-0.39, 0.29) is 19.6 Å². The van der Waals surface area contributed by atoms with Gasteiger partial charge in [0.1, 0.15) is 5.60 Å². The Morgan fingerprint density at radius 3 is 2.62 bits per heavy atom. The number of carbonyl (C=O) groups is 2. The molecule has 0 aromatic carbocycles. The van der Waals surface area contributed by atoms with E-state index in [1.807, 2.05) is 6.07 Å². The molecule has 116 valence electrons. The highest BCUT2D eigenvalue weighted by molar-refractivity contribution is 5.79. The van der Waals surface area contributed by atoms with Crippen molar-refractivity contribution in [2.45, 2.75) is 39.4 Å². The van der Waals surface area contributed by atoms with Crippen LogP contribution < -0.4 is 0 Å². The molecule has 6 heteroatoms. The first kappa shape index (κ1) is 17.1. The predicted molar refractivity (Wildman–Crippen MR) is 75.5 cm³/mol. The quantitative estimate of drug-likeness (QED) is 0.775. The summed E-state index contributed by atoms with van der Waals surface area (Å²) in [6, 6.07) is 3.60. The van der Waals surface area contributed by atoms with E-state index in [0.29, 0.717) is 0 Å². The van der Waals surface area contributed by atoms with Crippen LogP contribution in [0.25, 0.3) is 0 Å². The number of hydrogen-bond acceptors (Lipinski definition) is 5. The molecule has 0 amide bonds. The van der Waals surface area contributed by atoms with Gasteiger partial charge in [-0.2, -0.15) is 0 Å². The molecule has 1 aromatic rings. The van der Waals surface area contributed by atoms with Crippen LogP contribution >= 0.6 is 0 Å². The molecule has 1 heterocycles. The number of aliphatic carboxylic acids is 1. The summed E-state index contributed by atoms with van der Waals surface area (Å²) < 4.78 is 10.5. The van der Waals surface area contributed by atoms with Crippen molar-refractivity contribution in [1.82, 2.24) is 4.98 Å². The smallest absolute Gasteiger partial charge is 0.309 e. The summed E-state index contributed by atoms with van der Waals surface area (Å²) in [5.41, 5.74) is 0.218. The molecule has 1 N–H and O–H groups in total. The van der Waals surface area contributed by atoms with Crippen molar-refractivity contribution in [3.63, 3.8) is 0 Å². The van der Waals surface area contributed by atoms with Crippen molar-refractivity contribution in [3.05, 3.63) is 30.1 Å². The Bertz CT molecular complexity index is 467. The van der Waals surface area contributed by atoms with Gasteiger partial charge in [-0.25, -0.2) is 0 Å². The number of pyridine rings is 1. The maximum Gasteiger partial charge on any atom is 0.309 e. The SMILES string of the molecule is CC(C)(C)OC(=O)C[C@H](COCc1cccnc1)C(=O)O. The topological polar surface area (TPSA) is 85.7 Å². The van der Waals surface area contributed by atoms with Crippen molar-refractivity contribution in [2.75, 3.05) is 6.61 Å².